The highest BCUT2D eigenvalue weighted by Crippen LogP contribution is 2.10. The first-order valence-corrected chi connectivity index (χ1v) is 6.72. The Hall–Kier alpha value is -2.06. The number of morpholine rings is 1. The van der Waals surface area contributed by atoms with E-state index in [2.05, 4.69) is 22.1 Å². The van der Waals surface area contributed by atoms with E-state index in [9.17, 15) is 4.79 Å². The Kier molecular flexibility index (Phi) is 4.97. The van der Waals surface area contributed by atoms with Gasteiger partial charge in [0.15, 0.2) is 0 Å². The molecule has 0 spiro atoms. The number of nitrogens with zero attached hydrogens (tertiary/aromatic N) is 2. The minimum atomic E-state index is -0.0903. The Balaban J connectivity index is 1.79. The van der Waals surface area contributed by atoms with Gasteiger partial charge in [-0.25, -0.2) is 4.79 Å². The second-order valence-corrected chi connectivity index (χ2v) is 4.86. The monoisotopic (exact) mass is 273 g/mol. The predicted octanol–water partition coefficient (Wildman–Crippen LogP) is 1.25. The van der Waals surface area contributed by atoms with Crippen molar-refractivity contribution in [3.8, 4) is 11.8 Å². The highest BCUT2D eigenvalue weighted by molar-refractivity contribution is 5.74. The average molecular weight is 273 g/mol. The van der Waals surface area contributed by atoms with Gasteiger partial charge in [-0.2, -0.15) is 0 Å². The largest absolute Gasteiger partial charge is 0.372 e. The topological polar surface area (TPSA) is 54.5 Å². The molecule has 0 saturated carbocycles. The van der Waals surface area contributed by atoms with E-state index in [0.29, 0.717) is 19.6 Å². The molecule has 1 aliphatic heterocycles. The van der Waals surface area contributed by atoms with Gasteiger partial charge in [0.25, 0.3) is 0 Å². The Morgan fingerprint density at radius 3 is 2.90 bits per heavy atom. The lowest BCUT2D eigenvalue weighted by atomic mass is 10.2. The van der Waals surface area contributed by atoms with Crippen LogP contribution >= 0.6 is 0 Å². The number of carbonyl (C=O) groups excluding carboxylic acids is 1. The highest BCUT2D eigenvalue weighted by atomic mass is 16.5. The zero-order chi connectivity index (χ0) is 14.4. The fourth-order valence-corrected chi connectivity index (χ4v) is 2.16. The number of nitrogens with one attached hydrogen (secondary N) is 1. The molecule has 1 aromatic heterocycles. The number of aromatic nitrogens is 1. The van der Waals surface area contributed by atoms with E-state index < -0.39 is 0 Å². The molecule has 1 aliphatic rings. The molecule has 5 nitrogen and oxygen atoms in total. The third-order valence-corrected chi connectivity index (χ3v) is 2.93. The number of hydrogen-bond donors (Lipinski definition) is 1. The van der Waals surface area contributed by atoms with Crippen LogP contribution in [0.2, 0.25) is 0 Å². The van der Waals surface area contributed by atoms with Crippen LogP contribution in [0.5, 0.6) is 0 Å². The van der Waals surface area contributed by atoms with Crippen LogP contribution in [-0.4, -0.2) is 47.8 Å². The second-order valence-electron chi connectivity index (χ2n) is 4.86. The van der Waals surface area contributed by atoms with Crippen LogP contribution < -0.4 is 5.32 Å². The summed E-state index contributed by atoms with van der Waals surface area (Å²) in [5.41, 5.74) is 0.843. The maximum Gasteiger partial charge on any atom is 0.318 e. The van der Waals surface area contributed by atoms with Crippen LogP contribution in [-0.2, 0) is 4.74 Å². The number of amides is 2. The summed E-state index contributed by atoms with van der Waals surface area (Å²) >= 11 is 0. The molecular weight excluding hydrogens is 254 g/mol. The van der Waals surface area contributed by atoms with E-state index in [0.717, 1.165) is 5.56 Å². The maximum atomic E-state index is 12.0. The number of carbonyl (C=O) groups is 1. The lowest BCUT2D eigenvalue weighted by molar-refractivity contribution is -0.0544. The molecule has 0 aliphatic carbocycles. The molecular formula is C15H19N3O2. The minimum absolute atomic E-state index is 0.0750. The normalized spacial score (nSPS) is 21.8. The van der Waals surface area contributed by atoms with Crippen molar-refractivity contribution in [1.29, 1.82) is 0 Å². The lowest BCUT2D eigenvalue weighted by Gasteiger charge is -2.35. The fourth-order valence-electron chi connectivity index (χ4n) is 2.16. The summed E-state index contributed by atoms with van der Waals surface area (Å²) < 4.78 is 5.59. The summed E-state index contributed by atoms with van der Waals surface area (Å²) in [5.74, 6) is 5.86. The Bertz CT molecular complexity index is 497. The van der Waals surface area contributed by atoms with Crippen molar-refractivity contribution >= 4 is 6.03 Å². The van der Waals surface area contributed by atoms with Gasteiger partial charge < -0.3 is 15.0 Å². The van der Waals surface area contributed by atoms with Crippen LogP contribution in [0.1, 0.15) is 19.4 Å². The maximum absolute atomic E-state index is 12.0. The van der Waals surface area contributed by atoms with Crippen molar-refractivity contribution in [3.05, 3.63) is 30.1 Å². The molecule has 2 rings (SSSR count). The molecule has 106 valence electrons. The van der Waals surface area contributed by atoms with Gasteiger partial charge in [0.2, 0.25) is 0 Å². The number of urea groups is 1. The molecule has 1 N–H and O–H groups in total. The first-order chi connectivity index (χ1) is 9.65. The van der Waals surface area contributed by atoms with Gasteiger partial charge in [-0.1, -0.05) is 11.8 Å². The molecule has 1 aromatic rings. The minimum Gasteiger partial charge on any atom is -0.372 e. The smallest absolute Gasteiger partial charge is 0.318 e. The van der Waals surface area contributed by atoms with Crippen molar-refractivity contribution in [1.82, 2.24) is 15.2 Å². The summed E-state index contributed by atoms with van der Waals surface area (Å²) in [6.07, 6.45) is 3.55. The fraction of sp³-hybridized carbons (Fsp3) is 0.467. The number of pyridine rings is 1. The average Bonchev–Trinajstić information content (AvgIpc) is 2.43. The van der Waals surface area contributed by atoms with Crippen molar-refractivity contribution in [3.63, 3.8) is 0 Å². The summed E-state index contributed by atoms with van der Waals surface area (Å²) in [4.78, 5) is 17.7. The van der Waals surface area contributed by atoms with E-state index in [1.165, 1.54) is 0 Å². The van der Waals surface area contributed by atoms with Gasteiger partial charge in [-0.05, 0) is 26.0 Å². The summed E-state index contributed by atoms with van der Waals surface area (Å²) in [5, 5.41) is 2.80. The number of rotatable bonds is 1. The molecule has 0 unspecified atom stereocenters. The van der Waals surface area contributed by atoms with Gasteiger partial charge in [0.1, 0.15) is 0 Å². The van der Waals surface area contributed by atoms with E-state index >= 15 is 0 Å². The van der Waals surface area contributed by atoms with Crippen LogP contribution in [0, 0.1) is 11.8 Å². The van der Waals surface area contributed by atoms with E-state index in [1.54, 1.807) is 17.3 Å². The Morgan fingerprint density at radius 1 is 1.50 bits per heavy atom. The van der Waals surface area contributed by atoms with Crippen molar-refractivity contribution < 1.29 is 9.53 Å². The van der Waals surface area contributed by atoms with Gasteiger partial charge >= 0.3 is 6.03 Å². The van der Waals surface area contributed by atoms with Crippen LogP contribution in [0.4, 0.5) is 4.79 Å². The summed E-state index contributed by atoms with van der Waals surface area (Å²) in [6, 6.07) is 3.62. The Morgan fingerprint density at radius 2 is 2.25 bits per heavy atom. The predicted molar refractivity (Wildman–Crippen MR) is 76.1 cm³/mol. The highest BCUT2D eigenvalue weighted by Gasteiger charge is 2.25. The summed E-state index contributed by atoms with van der Waals surface area (Å²) in [6.45, 7) is 5.50. The van der Waals surface area contributed by atoms with Crippen LogP contribution in [0.25, 0.3) is 0 Å². The number of hydrogen-bond acceptors (Lipinski definition) is 3. The molecule has 0 radical (unpaired) electrons. The van der Waals surface area contributed by atoms with Crippen LogP contribution in [0.3, 0.4) is 0 Å². The SMILES string of the molecule is C[C@@H]1CN(C(=O)NCC#Cc2cccnc2)C[C@H](C)O1. The van der Waals surface area contributed by atoms with Gasteiger partial charge in [-0.3, -0.25) is 4.98 Å². The molecule has 1 saturated heterocycles. The molecule has 20 heavy (non-hydrogen) atoms. The molecule has 2 amide bonds. The van der Waals surface area contributed by atoms with Crippen molar-refractivity contribution in [2.24, 2.45) is 0 Å². The van der Waals surface area contributed by atoms with E-state index in [4.69, 9.17) is 4.74 Å². The molecule has 2 atom stereocenters. The zero-order valence-electron chi connectivity index (χ0n) is 11.8. The quantitative estimate of drug-likeness (QED) is 0.784. The first-order valence-electron chi connectivity index (χ1n) is 6.72. The van der Waals surface area contributed by atoms with Crippen molar-refractivity contribution in [2.45, 2.75) is 26.1 Å². The van der Waals surface area contributed by atoms with Gasteiger partial charge in [-0.15, -0.1) is 0 Å². The molecule has 0 aromatic carbocycles. The first kappa shape index (κ1) is 14.4. The third kappa shape index (κ3) is 4.25. The summed E-state index contributed by atoms with van der Waals surface area (Å²) in [7, 11) is 0. The molecule has 2 heterocycles. The van der Waals surface area contributed by atoms with Crippen molar-refractivity contribution in [2.75, 3.05) is 19.6 Å². The molecule has 5 heteroatoms. The number of ether oxygens (including phenoxy) is 1. The molecule has 0 bridgehead atoms. The van der Waals surface area contributed by atoms with Crippen LogP contribution in [0.15, 0.2) is 24.5 Å². The third-order valence-electron chi connectivity index (χ3n) is 2.93. The second kappa shape index (κ2) is 6.92. The van der Waals surface area contributed by atoms with E-state index in [-0.39, 0.29) is 18.2 Å². The lowest BCUT2D eigenvalue weighted by Crippen LogP contribution is -2.51. The zero-order valence-corrected chi connectivity index (χ0v) is 11.8. The van der Waals surface area contributed by atoms with E-state index in [1.807, 2.05) is 26.0 Å². The van der Waals surface area contributed by atoms with Gasteiger partial charge in [0, 0.05) is 31.0 Å². The Labute approximate surface area is 119 Å². The van der Waals surface area contributed by atoms with Gasteiger partial charge in [0.05, 0.1) is 18.8 Å². The molecule has 1 fully saturated rings. The standard InChI is InChI=1S/C15H19N3O2/c1-12-10-18(11-13(2)20-12)15(19)17-8-4-6-14-5-3-7-16-9-14/h3,5,7,9,12-13H,8,10-11H2,1-2H3,(H,17,19)/t12-,13+.